The number of aliphatic hydroxyl groups excluding tert-OH is 1. The highest BCUT2D eigenvalue weighted by Crippen LogP contribution is 2.12. The van der Waals surface area contributed by atoms with E-state index in [1.54, 1.807) is 7.05 Å². The van der Waals surface area contributed by atoms with E-state index in [0.717, 1.165) is 0 Å². The second-order valence-corrected chi connectivity index (χ2v) is 2.30. The van der Waals surface area contributed by atoms with E-state index in [-0.39, 0.29) is 6.61 Å². The fourth-order valence-corrected chi connectivity index (χ4v) is 0.785. The molecule has 1 heterocycles. The minimum absolute atomic E-state index is 0.171. The molecule has 0 unspecified atom stereocenters. The van der Waals surface area contributed by atoms with E-state index in [1.165, 1.54) is 6.20 Å². The van der Waals surface area contributed by atoms with Crippen LogP contribution in [-0.4, -0.2) is 22.1 Å². The number of anilines is 1. The first kappa shape index (κ1) is 8.23. The van der Waals surface area contributed by atoms with Gasteiger partial charge < -0.3 is 10.4 Å². The van der Waals surface area contributed by atoms with Crippen LogP contribution < -0.4 is 5.32 Å². The lowest BCUT2D eigenvalue weighted by Crippen LogP contribution is -1.99. The third-order valence-electron chi connectivity index (χ3n) is 1.19. The molecule has 0 saturated heterocycles. The Bertz CT molecular complexity index is 254. The number of halogens is 1. The van der Waals surface area contributed by atoms with Gasteiger partial charge in [-0.25, -0.2) is 9.97 Å². The molecule has 4 nitrogen and oxygen atoms in total. The van der Waals surface area contributed by atoms with Crippen molar-refractivity contribution in [3.8, 4) is 0 Å². The number of hydrogen-bond donors (Lipinski definition) is 2. The van der Waals surface area contributed by atoms with Crippen molar-refractivity contribution in [2.45, 2.75) is 6.61 Å². The highest BCUT2D eigenvalue weighted by molar-refractivity contribution is 6.31. The summed E-state index contributed by atoms with van der Waals surface area (Å²) < 4.78 is 0. The van der Waals surface area contributed by atoms with E-state index >= 15 is 0 Å². The van der Waals surface area contributed by atoms with Gasteiger partial charge in [0.05, 0.1) is 23.5 Å². The van der Waals surface area contributed by atoms with Crippen molar-refractivity contribution >= 4 is 17.5 Å². The third-order valence-corrected chi connectivity index (χ3v) is 1.51. The second kappa shape index (κ2) is 3.50. The minimum Gasteiger partial charge on any atom is -0.390 e. The van der Waals surface area contributed by atoms with E-state index in [2.05, 4.69) is 15.3 Å². The lowest BCUT2D eigenvalue weighted by atomic mass is 10.4. The molecule has 60 valence electrons. The lowest BCUT2D eigenvalue weighted by Gasteiger charge is -2.01. The summed E-state index contributed by atoms with van der Waals surface area (Å²) in [6, 6.07) is 0. The van der Waals surface area contributed by atoms with Crippen LogP contribution in [0.25, 0.3) is 0 Å². The highest BCUT2D eigenvalue weighted by Gasteiger charge is 2.01. The summed E-state index contributed by atoms with van der Waals surface area (Å²) in [5, 5.41) is 11.9. The first-order valence-corrected chi connectivity index (χ1v) is 3.45. The van der Waals surface area contributed by atoms with Crippen molar-refractivity contribution < 1.29 is 5.11 Å². The summed E-state index contributed by atoms with van der Waals surface area (Å²) in [5.74, 6) is 0.457. The quantitative estimate of drug-likeness (QED) is 0.690. The van der Waals surface area contributed by atoms with Gasteiger partial charge in [-0.1, -0.05) is 11.6 Å². The van der Waals surface area contributed by atoms with Gasteiger partial charge in [-0.3, -0.25) is 0 Å². The lowest BCUT2D eigenvalue weighted by molar-refractivity contribution is 0.277. The smallest absolute Gasteiger partial charge is 0.222 e. The first-order chi connectivity index (χ1) is 5.27. The molecular formula is C6H8ClN3O. The molecule has 0 spiro atoms. The molecular weight excluding hydrogens is 166 g/mol. The van der Waals surface area contributed by atoms with Crippen molar-refractivity contribution in [2.24, 2.45) is 0 Å². The van der Waals surface area contributed by atoms with Gasteiger partial charge in [-0.15, -0.1) is 0 Å². The van der Waals surface area contributed by atoms with Crippen molar-refractivity contribution in [2.75, 3.05) is 12.4 Å². The predicted molar refractivity (Wildman–Crippen MR) is 42.5 cm³/mol. The summed E-state index contributed by atoms with van der Waals surface area (Å²) in [7, 11) is 1.70. The highest BCUT2D eigenvalue weighted by atomic mass is 35.5. The Hall–Kier alpha value is -0.870. The van der Waals surface area contributed by atoms with Crippen LogP contribution in [0.3, 0.4) is 0 Å². The second-order valence-electron chi connectivity index (χ2n) is 1.90. The Morgan fingerprint density at radius 3 is 3.00 bits per heavy atom. The minimum atomic E-state index is -0.171. The van der Waals surface area contributed by atoms with Gasteiger partial charge in [0.25, 0.3) is 0 Å². The average molecular weight is 174 g/mol. The molecule has 0 atom stereocenters. The van der Waals surface area contributed by atoms with E-state index in [0.29, 0.717) is 16.7 Å². The van der Waals surface area contributed by atoms with Gasteiger partial charge in [0.2, 0.25) is 5.95 Å². The van der Waals surface area contributed by atoms with Crippen molar-refractivity contribution in [3.63, 3.8) is 0 Å². The van der Waals surface area contributed by atoms with Crippen LogP contribution in [0.2, 0.25) is 5.02 Å². The average Bonchev–Trinajstić information content (AvgIpc) is 2.05. The van der Waals surface area contributed by atoms with Gasteiger partial charge in [-0.05, 0) is 0 Å². The number of hydrogen-bond acceptors (Lipinski definition) is 4. The number of nitrogens with zero attached hydrogens (tertiary/aromatic N) is 2. The molecule has 0 aliphatic carbocycles. The predicted octanol–water partition coefficient (Wildman–Crippen LogP) is 0.664. The molecule has 0 fully saturated rings. The third kappa shape index (κ3) is 1.78. The van der Waals surface area contributed by atoms with Crippen LogP contribution >= 0.6 is 11.6 Å². The monoisotopic (exact) mass is 173 g/mol. The molecule has 0 saturated carbocycles. The Balaban J connectivity index is 3.02. The number of rotatable bonds is 2. The van der Waals surface area contributed by atoms with Gasteiger partial charge in [-0.2, -0.15) is 0 Å². The summed E-state index contributed by atoms with van der Waals surface area (Å²) in [4.78, 5) is 7.75. The summed E-state index contributed by atoms with van der Waals surface area (Å²) >= 11 is 5.64. The Morgan fingerprint density at radius 1 is 1.73 bits per heavy atom. The zero-order chi connectivity index (χ0) is 8.27. The number of aliphatic hydroxyl groups is 1. The molecule has 11 heavy (non-hydrogen) atoms. The molecule has 0 radical (unpaired) electrons. The van der Waals surface area contributed by atoms with Crippen molar-refractivity contribution in [3.05, 3.63) is 16.9 Å². The topological polar surface area (TPSA) is 58.0 Å². The summed E-state index contributed by atoms with van der Waals surface area (Å²) in [6.45, 7) is -0.171. The van der Waals surface area contributed by atoms with Crippen LogP contribution in [-0.2, 0) is 6.61 Å². The normalized spacial score (nSPS) is 9.73. The molecule has 5 heteroatoms. The first-order valence-electron chi connectivity index (χ1n) is 3.08. The maximum absolute atomic E-state index is 8.74. The van der Waals surface area contributed by atoms with Crippen LogP contribution in [0.15, 0.2) is 6.20 Å². The molecule has 0 aliphatic heterocycles. The Labute approximate surface area is 69.2 Å². The molecule has 0 aromatic carbocycles. The van der Waals surface area contributed by atoms with Crippen LogP contribution in [0, 0.1) is 0 Å². The number of aromatic nitrogens is 2. The van der Waals surface area contributed by atoms with Crippen LogP contribution in [0.1, 0.15) is 5.69 Å². The zero-order valence-electron chi connectivity index (χ0n) is 6.00. The van der Waals surface area contributed by atoms with Gasteiger partial charge in [0.1, 0.15) is 0 Å². The maximum atomic E-state index is 8.74. The van der Waals surface area contributed by atoms with Gasteiger partial charge in [0, 0.05) is 7.05 Å². The largest absolute Gasteiger partial charge is 0.390 e. The SMILES string of the molecule is CNc1ncc(Cl)c(CO)n1. The van der Waals surface area contributed by atoms with Gasteiger partial charge in [0.15, 0.2) is 0 Å². The molecule has 1 aromatic heterocycles. The molecule has 0 bridgehead atoms. The molecule has 0 amide bonds. The Morgan fingerprint density at radius 2 is 2.45 bits per heavy atom. The van der Waals surface area contributed by atoms with E-state index in [9.17, 15) is 0 Å². The molecule has 2 N–H and O–H groups in total. The van der Waals surface area contributed by atoms with E-state index in [4.69, 9.17) is 16.7 Å². The van der Waals surface area contributed by atoms with Crippen LogP contribution in [0.5, 0.6) is 0 Å². The fraction of sp³-hybridized carbons (Fsp3) is 0.333. The summed E-state index contributed by atoms with van der Waals surface area (Å²) in [6.07, 6.45) is 1.45. The van der Waals surface area contributed by atoms with Gasteiger partial charge >= 0.3 is 0 Å². The number of nitrogens with one attached hydrogen (secondary N) is 1. The standard InChI is InChI=1S/C6H8ClN3O/c1-8-6-9-2-4(7)5(3-11)10-6/h2,11H,3H2,1H3,(H,8,9,10). The van der Waals surface area contributed by atoms with E-state index in [1.807, 2.05) is 0 Å². The van der Waals surface area contributed by atoms with Crippen molar-refractivity contribution in [1.29, 1.82) is 0 Å². The molecule has 0 aliphatic rings. The van der Waals surface area contributed by atoms with Crippen LogP contribution in [0.4, 0.5) is 5.95 Å². The molecule has 1 rings (SSSR count). The molecule has 1 aromatic rings. The fourth-order valence-electron chi connectivity index (χ4n) is 0.634. The maximum Gasteiger partial charge on any atom is 0.222 e. The Kier molecular flexibility index (Phi) is 2.62. The summed E-state index contributed by atoms with van der Waals surface area (Å²) in [5.41, 5.74) is 0.436. The zero-order valence-corrected chi connectivity index (χ0v) is 6.76. The van der Waals surface area contributed by atoms with E-state index < -0.39 is 0 Å². The van der Waals surface area contributed by atoms with Crippen molar-refractivity contribution in [1.82, 2.24) is 9.97 Å².